The van der Waals surface area contributed by atoms with E-state index < -0.39 is 0 Å². The molecule has 2 aromatic rings. The average Bonchev–Trinajstić information content (AvgIpc) is 2.91. The standard InChI is InChI=1S/C12H14N2O/c1-13-8-12(6-7-12)11-14-9-4-2-3-5-10(9)15-11/h2-5,13H,6-8H2,1H3. The van der Waals surface area contributed by atoms with E-state index in [0.29, 0.717) is 0 Å². The first-order chi connectivity index (χ1) is 7.34. The minimum absolute atomic E-state index is 0.174. The maximum atomic E-state index is 5.80. The zero-order valence-electron chi connectivity index (χ0n) is 8.79. The first-order valence-corrected chi connectivity index (χ1v) is 5.35. The predicted molar refractivity (Wildman–Crippen MR) is 58.8 cm³/mol. The Morgan fingerprint density at radius 2 is 2.20 bits per heavy atom. The monoisotopic (exact) mass is 202 g/mol. The summed E-state index contributed by atoms with van der Waals surface area (Å²) < 4.78 is 5.80. The summed E-state index contributed by atoms with van der Waals surface area (Å²) in [4.78, 5) is 4.56. The Hall–Kier alpha value is -1.35. The molecule has 1 saturated carbocycles. The van der Waals surface area contributed by atoms with Crippen molar-refractivity contribution in [1.82, 2.24) is 10.3 Å². The number of nitrogens with one attached hydrogen (secondary N) is 1. The van der Waals surface area contributed by atoms with E-state index in [-0.39, 0.29) is 5.41 Å². The van der Waals surface area contributed by atoms with E-state index in [1.807, 2.05) is 31.3 Å². The Kier molecular flexibility index (Phi) is 1.83. The fourth-order valence-electron chi connectivity index (χ4n) is 2.05. The minimum atomic E-state index is 0.174. The Bertz CT molecular complexity index is 452. The number of hydrogen-bond donors (Lipinski definition) is 1. The highest BCUT2D eigenvalue weighted by Crippen LogP contribution is 2.47. The molecule has 3 heteroatoms. The van der Waals surface area contributed by atoms with Crippen LogP contribution in [0.15, 0.2) is 28.7 Å². The number of hydrogen-bond acceptors (Lipinski definition) is 3. The molecule has 15 heavy (non-hydrogen) atoms. The third-order valence-electron chi connectivity index (χ3n) is 3.12. The molecule has 0 bridgehead atoms. The Morgan fingerprint density at radius 1 is 1.40 bits per heavy atom. The maximum absolute atomic E-state index is 5.80. The van der Waals surface area contributed by atoms with Crippen LogP contribution >= 0.6 is 0 Å². The predicted octanol–water partition coefficient (Wildman–Crippen LogP) is 2.08. The summed E-state index contributed by atoms with van der Waals surface area (Å²) in [7, 11) is 1.97. The van der Waals surface area contributed by atoms with Crippen molar-refractivity contribution in [2.75, 3.05) is 13.6 Å². The van der Waals surface area contributed by atoms with Gasteiger partial charge in [0.25, 0.3) is 0 Å². The van der Waals surface area contributed by atoms with Crippen LogP contribution in [0.2, 0.25) is 0 Å². The van der Waals surface area contributed by atoms with Crippen LogP contribution in [0.4, 0.5) is 0 Å². The van der Waals surface area contributed by atoms with E-state index in [1.54, 1.807) is 0 Å². The molecule has 0 saturated heterocycles. The Balaban J connectivity index is 2.05. The third kappa shape index (κ3) is 1.35. The summed E-state index contributed by atoms with van der Waals surface area (Å²) in [5, 5.41) is 3.21. The third-order valence-corrected chi connectivity index (χ3v) is 3.12. The van der Waals surface area contributed by atoms with Gasteiger partial charge in [0.05, 0.1) is 5.41 Å². The second-order valence-corrected chi connectivity index (χ2v) is 4.30. The van der Waals surface area contributed by atoms with Gasteiger partial charge < -0.3 is 9.73 Å². The van der Waals surface area contributed by atoms with E-state index in [1.165, 1.54) is 12.8 Å². The van der Waals surface area contributed by atoms with Crippen molar-refractivity contribution in [3.63, 3.8) is 0 Å². The Morgan fingerprint density at radius 3 is 2.87 bits per heavy atom. The van der Waals surface area contributed by atoms with Gasteiger partial charge in [-0.3, -0.25) is 0 Å². The van der Waals surface area contributed by atoms with E-state index in [9.17, 15) is 0 Å². The number of aromatic nitrogens is 1. The van der Waals surface area contributed by atoms with Crippen molar-refractivity contribution in [3.8, 4) is 0 Å². The number of fused-ring (bicyclic) bond motifs is 1. The summed E-state index contributed by atoms with van der Waals surface area (Å²) in [6.07, 6.45) is 2.36. The summed E-state index contributed by atoms with van der Waals surface area (Å²) >= 11 is 0. The van der Waals surface area contributed by atoms with Crippen molar-refractivity contribution in [3.05, 3.63) is 30.2 Å². The second-order valence-electron chi connectivity index (χ2n) is 4.30. The van der Waals surface area contributed by atoms with Gasteiger partial charge in [0.2, 0.25) is 5.89 Å². The second kappa shape index (κ2) is 3.07. The first kappa shape index (κ1) is 8.92. The molecule has 3 rings (SSSR count). The molecule has 0 spiro atoms. The lowest BCUT2D eigenvalue weighted by atomic mass is 10.1. The van der Waals surface area contributed by atoms with Crippen LogP contribution in [-0.4, -0.2) is 18.6 Å². The van der Waals surface area contributed by atoms with Gasteiger partial charge in [0.15, 0.2) is 5.58 Å². The minimum Gasteiger partial charge on any atom is -0.440 e. The average molecular weight is 202 g/mol. The van der Waals surface area contributed by atoms with Gasteiger partial charge in [-0.05, 0) is 32.0 Å². The molecule has 1 N–H and O–H groups in total. The highest BCUT2D eigenvalue weighted by molar-refractivity contribution is 5.72. The van der Waals surface area contributed by atoms with E-state index in [2.05, 4.69) is 10.3 Å². The van der Waals surface area contributed by atoms with Gasteiger partial charge >= 0.3 is 0 Å². The van der Waals surface area contributed by atoms with Crippen molar-refractivity contribution in [2.45, 2.75) is 18.3 Å². The lowest BCUT2D eigenvalue weighted by molar-refractivity contribution is 0.446. The molecule has 1 aliphatic rings. The normalized spacial score (nSPS) is 18.2. The molecule has 1 fully saturated rings. The Labute approximate surface area is 88.5 Å². The molecule has 1 aliphatic carbocycles. The lowest BCUT2D eigenvalue weighted by Crippen LogP contribution is -2.23. The van der Waals surface area contributed by atoms with E-state index >= 15 is 0 Å². The summed E-state index contributed by atoms with van der Waals surface area (Å²) in [6, 6.07) is 7.94. The molecule has 1 aromatic carbocycles. The topological polar surface area (TPSA) is 38.1 Å². The van der Waals surface area contributed by atoms with E-state index in [4.69, 9.17) is 4.42 Å². The number of para-hydroxylation sites is 2. The van der Waals surface area contributed by atoms with Crippen molar-refractivity contribution >= 4 is 11.1 Å². The first-order valence-electron chi connectivity index (χ1n) is 5.35. The number of benzene rings is 1. The smallest absolute Gasteiger partial charge is 0.202 e. The molecule has 1 heterocycles. The molecule has 3 nitrogen and oxygen atoms in total. The SMILES string of the molecule is CNCC1(c2nc3ccccc3o2)CC1. The highest BCUT2D eigenvalue weighted by Gasteiger charge is 2.48. The zero-order chi connectivity index (χ0) is 10.3. The van der Waals surface area contributed by atoms with Gasteiger partial charge in [0.1, 0.15) is 5.52 Å². The molecular weight excluding hydrogens is 188 g/mol. The number of oxazole rings is 1. The van der Waals surface area contributed by atoms with Crippen molar-refractivity contribution in [2.24, 2.45) is 0 Å². The van der Waals surface area contributed by atoms with Crippen LogP contribution in [0.25, 0.3) is 11.1 Å². The molecular formula is C12H14N2O. The van der Waals surface area contributed by atoms with Crippen LogP contribution in [0.1, 0.15) is 18.7 Å². The molecule has 0 atom stereocenters. The van der Waals surface area contributed by atoms with E-state index in [0.717, 1.165) is 23.5 Å². The number of nitrogens with zero attached hydrogens (tertiary/aromatic N) is 1. The van der Waals surface area contributed by atoms with Crippen LogP contribution in [0.5, 0.6) is 0 Å². The maximum Gasteiger partial charge on any atom is 0.202 e. The van der Waals surface area contributed by atoms with Gasteiger partial charge in [-0.25, -0.2) is 4.98 Å². The molecule has 0 amide bonds. The molecule has 78 valence electrons. The summed E-state index contributed by atoms with van der Waals surface area (Å²) in [5.74, 6) is 0.901. The van der Waals surface area contributed by atoms with Gasteiger partial charge in [-0.15, -0.1) is 0 Å². The van der Waals surface area contributed by atoms with Crippen LogP contribution in [0.3, 0.4) is 0 Å². The number of likely N-dealkylation sites (N-methyl/N-ethyl adjacent to an activating group) is 1. The molecule has 0 unspecified atom stereocenters. The van der Waals surface area contributed by atoms with Crippen molar-refractivity contribution in [1.29, 1.82) is 0 Å². The number of rotatable bonds is 3. The summed E-state index contributed by atoms with van der Waals surface area (Å²) in [6.45, 7) is 0.958. The molecule has 0 radical (unpaired) electrons. The van der Waals surface area contributed by atoms with Gasteiger partial charge in [0, 0.05) is 6.54 Å². The summed E-state index contributed by atoms with van der Waals surface area (Å²) in [5.41, 5.74) is 2.04. The molecule has 1 aromatic heterocycles. The van der Waals surface area contributed by atoms with Crippen LogP contribution in [-0.2, 0) is 5.41 Å². The highest BCUT2D eigenvalue weighted by atomic mass is 16.3. The zero-order valence-corrected chi connectivity index (χ0v) is 8.79. The largest absolute Gasteiger partial charge is 0.440 e. The van der Waals surface area contributed by atoms with Crippen LogP contribution in [0, 0.1) is 0 Å². The van der Waals surface area contributed by atoms with Gasteiger partial charge in [-0.2, -0.15) is 0 Å². The lowest BCUT2D eigenvalue weighted by Gasteiger charge is -2.08. The van der Waals surface area contributed by atoms with Crippen LogP contribution < -0.4 is 5.32 Å². The fourth-order valence-corrected chi connectivity index (χ4v) is 2.05. The van der Waals surface area contributed by atoms with Gasteiger partial charge in [-0.1, -0.05) is 12.1 Å². The quantitative estimate of drug-likeness (QED) is 0.828. The fraction of sp³-hybridized carbons (Fsp3) is 0.417. The van der Waals surface area contributed by atoms with Crippen molar-refractivity contribution < 1.29 is 4.42 Å². The molecule has 0 aliphatic heterocycles.